The van der Waals surface area contributed by atoms with Crippen LogP contribution >= 0.6 is 0 Å². The van der Waals surface area contributed by atoms with Crippen molar-refractivity contribution in [3.8, 4) is 0 Å². The van der Waals surface area contributed by atoms with Gasteiger partial charge in [-0.15, -0.1) is 0 Å². The molecule has 0 saturated heterocycles. The molecule has 1 aliphatic rings. The third kappa shape index (κ3) is 3.23. The number of hydrogen-bond acceptors (Lipinski definition) is 3. The van der Waals surface area contributed by atoms with Crippen LogP contribution in [0, 0.1) is 5.92 Å². The predicted octanol–water partition coefficient (Wildman–Crippen LogP) is 2.72. The highest BCUT2D eigenvalue weighted by atomic mass is 32.2. The highest BCUT2D eigenvalue weighted by Crippen LogP contribution is 2.38. The molecule has 2 rings (SSSR count). The van der Waals surface area contributed by atoms with Crippen molar-refractivity contribution < 1.29 is 8.42 Å². The molecular weight excluding hydrogens is 270 g/mol. The Morgan fingerprint density at radius 1 is 1.30 bits per heavy atom. The summed E-state index contributed by atoms with van der Waals surface area (Å²) in [6.45, 7) is 6.54. The monoisotopic (exact) mass is 295 g/mol. The van der Waals surface area contributed by atoms with E-state index < -0.39 is 9.84 Å². The Morgan fingerprint density at radius 2 is 2.00 bits per heavy atom. The minimum absolute atomic E-state index is 0.274. The Hall–Kier alpha value is -0.870. The molecule has 4 heteroatoms. The molecule has 0 fully saturated rings. The first-order chi connectivity index (χ1) is 9.45. The number of hydrogen-bond donors (Lipinski definition) is 1. The summed E-state index contributed by atoms with van der Waals surface area (Å²) in [5.74, 6) is 0.687. The number of benzene rings is 1. The van der Waals surface area contributed by atoms with Gasteiger partial charge in [-0.1, -0.05) is 31.2 Å². The van der Waals surface area contributed by atoms with Crippen LogP contribution in [0.2, 0.25) is 0 Å². The molecule has 112 valence electrons. The smallest absolute Gasteiger partial charge is 0.152 e. The molecule has 0 bridgehead atoms. The largest absolute Gasteiger partial charge is 0.310 e. The molecular formula is C16H25NO2S. The molecule has 1 N–H and O–H groups in total. The van der Waals surface area contributed by atoms with Crippen molar-refractivity contribution in [3.63, 3.8) is 0 Å². The first kappa shape index (κ1) is 15.5. The maximum atomic E-state index is 12.0. The van der Waals surface area contributed by atoms with Gasteiger partial charge in [-0.05, 0) is 50.3 Å². The van der Waals surface area contributed by atoms with Crippen molar-refractivity contribution in [2.45, 2.75) is 44.9 Å². The number of fused-ring (bicyclic) bond motifs is 1. The van der Waals surface area contributed by atoms with Gasteiger partial charge in [-0.25, -0.2) is 8.42 Å². The average Bonchev–Trinajstić information content (AvgIpc) is 2.75. The van der Waals surface area contributed by atoms with Crippen LogP contribution in [-0.4, -0.2) is 26.0 Å². The second-order valence-corrected chi connectivity index (χ2v) is 8.58. The molecule has 1 aromatic rings. The van der Waals surface area contributed by atoms with Crippen molar-refractivity contribution in [1.29, 1.82) is 0 Å². The fourth-order valence-electron chi connectivity index (χ4n) is 2.99. The molecule has 1 aromatic carbocycles. The normalized spacial score (nSPS) is 22.2. The molecule has 20 heavy (non-hydrogen) atoms. The highest BCUT2D eigenvalue weighted by molar-refractivity contribution is 7.91. The van der Waals surface area contributed by atoms with Crippen LogP contribution in [0.1, 0.15) is 44.4 Å². The lowest BCUT2D eigenvalue weighted by Crippen LogP contribution is -2.27. The summed E-state index contributed by atoms with van der Waals surface area (Å²) in [6, 6.07) is 8.76. The van der Waals surface area contributed by atoms with Gasteiger partial charge in [0, 0.05) is 6.04 Å². The van der Waals surface area contributed by atoms with E-state index in [0.29, 0.717) is 17.7 Å². The van der Waals surface area contributed by atoms with Crippen LogP contribution in [0.5, 0.6) is 0 Å². The summed E-state index contributed by atoms with van der Waals surface area (Å²) >= 11 is 0. The molecule has 0 spiro atoms. The van der Waals surface area contributed by atoms with E-state index in [4.69, 9.17) is 0 Å². The Labute approximate surface area is 122 Å². The van der Waals surface area contributed by atoms with Crippen LogP contribution in [-0.2, 0) is 16.3 Å². The molecule has 0 radical (unpaired) electrons. The maximum Gasteiger partial charge on any atom is 0.152 e. The quantitative estimate of drug-likeness (QED) is 0.878. The van der Waals surface area contributed by atoms with Crippen LogP contribution in [0.4, 0.5) is 0 Å². The Kier molecular flexibility index (Phi) is 4.86. The van der Waals surface area contributed by atoms with Crippen LogP contribution < -0.4 is 5.32 Å². The van der Waals surface area contributed by atoms with Gasteiger partial charge in [-0.3, -0.25) is 0 Å². The maximum absolute atomic E-state index is 12.0. The topological polar surface area (TPSA) is 46.2 Å². The van der Waals surface area contributed by atoms with Crippen molar-refractivity contribution in [3.05, 3.63) is 35.4 Å². The zero-order valence-corrected chi connectivity index (χ0v) is 13.4. The number of sulfone groups is 1. The highest BCUT2D eigenvalue weighted by Gasteiger charge is 2.32. The van der Waals surface area contributed by atoms with Crippen molar-refractivity contribution >= 4 is 9.84 Å². The van der Waals surface area contributed by atoms with Gasteiger partial charge < -0.3 is 5.32 Å². The number of nitrogens with one attached hydrogen (secondary N) is 1. The minimum atomic E-state index is -2.94. The van der Waals surface area contributed by atoms with Crippen molar-refractivity contribution in [2.75, 3.05) is 12.3 Å². The molecule has 3 nitrogen and oxygen atoms in total. The van der Waals surface area contributed by atoms with E-state index in [-0.39, 0.29) is 5.25 Å². The van der Waals surface area contributed by atoms with Gasteiger partial charge in [0.2, 0.25) is 0 Å². The zero-order valence-electron chi connectivity index (χ0n) is 12.6. The summed E-state index contributed by atoms with van der Waals surface area (Å²) in [5.41, 5.74) is 2.71. The van der Waals surface area contributed by atoms with Crippen molar-refractivity contribution in [1.82, 2.24) is 5.32 Å². The first-order valence-electron chi connectivity index (χ1n) is 7.48. The molecule has 0 aromatic heterocycles. The molecule has 0 saturated carbocycles. The van der Waals surface area contributed by atoms with Crippen molar-refractivity contribution in [2.24, 2.45) is 5.92 Å². The Bertz CT molecular complexity index is 551. The van der Waals surface area contributed by atoms with E-state index >= 15 is 0 Å². The third-order valence-corrected chi connectivity index (χ3v) is 6.50. The predicted molar refractivity (Wildman–Crippen MR) is 83.6 cm³/mol. The second kappa shape index (κ2) is 6.27. The average molecular weight is 295 g/mol. The van der Waals surface area contributed by atoms with Crippen LogP contribution in [0.3, 0.4) is 0 Å². The lowest BCUT2D eigenvalue weighted by atomic mass is 9.98. The van der Waals surface area contributed by atoms with E-state index in [0.717, 1.165) is 19.4 Å². The van der Waals surface area contributed by atoms with Gasteiger partial charge in [0.1, 0.15) is 0 Å². The molecule has 1 aliphatic carbocycles. The second-order valence-electron chi connectivity index (χ2n) is 5.90. The fourth-order valence-corrected chi connectivity index (χ4v) is 4.10. The molecule has 0 amide bonds. The lowest BCUT2D eigenvalue weighted by Gasteiger charge is -2.21. The van der Waals surface area contributed by atoms with E-state index in [9.17, 15) is 8.42 Å². The summed E-state index contributed by atoms with van der Waals surface area (Å²) in [6.07, 6.45) is 1.73. The Balaban J connectivity index is 2.10. The molecule has 0 heterocycles. The molecule has 2 atom stereocenters. The van der Waals surface area contributed by atoms with Gasteiger partial charge in [0.05, 0.1) is 11.0 Å². The van der Waals surface area contributed by atoms with Gasteiger partial charge in [-0.2, -0.15) is 0 Å². The summed E-state index contributed by atoms with van der Waals surface area (Å²) in [7, 11) is -2.94. The van der Waals surface area contributed by atoms with Crippen LogP contribution in [0.25, 0.3) is 0 Å². The third-order valence-electron chi connectivity index (χ3n) is 4.26. The first-order valence-corrected chi connectivity index (χ1v) is 9.20. The SMILES string of the molecule is CCNC1c2ccccc2CC1CCS(=O)(=O)C(C)C. The summed E-state index contributed by atoms with van der Waals surface area (Å²) < 4.78 is 24.0. The van der Waals surface area contributed by atoms with Gasteiger partial charge >= 0.3 is 0 Å². The van der Waals surface area contributed by atoms with E-state index in [1.165, 1.54) is 11.1 Å². The van der Waals surface area contributed by atoms with Gasteiger partial charge in [0.15, 0.2) is 9.84 Å². The molecule has 2 unspecified atom stereocenters. The van der Waals surface area contributed by atoms with E-state index in [1.807, 2.05) is 0 Å². The standard InChI is InChI=1S/C16H25NO2S/c1-4-17-16-14(9-10-20(18,19)12(2)3)11-13-7-5-6-8-15(13)16/h5-8,12,14,16-17H,4,9-11H2,1-3H3. The summed E-state index contributed by atoms with van der Waals surface area (Å²) in [4.78, 5) is 0. The zero-order chi connectivity index (χ0) is 14.8. The van der Waals surface area contributed by atoms with Gasteiger partial charge in [0.25, 0.3) is 0 Å². The minimum Gasteiger partial charge on any atom is -0.310 e. The molecule has 0 aliphatic heterocycles. The summed E-state index contributed by atoms with van der Waals surface area (Å²) in [5, 5.41) is 3.25. The van der Waals surface area contributed by atoms with E-state index in [2.05, 4.69) is 36.5 Å². The lowest BCUT2D eigenvalue weighted by molar-refractivity contribution is 0.385. The Morgan fingerprint density at radius 3 is 2.65 bits per heavy atom. The number of rotatable bonds is 6. The fraction of sp³-hybridized carbons (Fsp3) is 0.625. The van der Waals surface area contributed by atoms with Crippen LogP contribution in [0.15, 0.2) is 24.3 Å². The van der Waals surface area contributed by atoms with E-state index in [1.54, 1.807) is 13.8 Å².